The molecule has 0 aliphatic carbocycles. The lowest BCUT2D eigenvalue weighted by molar-refractivity contribution is -0.116. The highest BCUT2D eigenvalue weighted by Crippen LogP contribution is 2.29. The van der Waals surface area contributed by atoms with Crippen molar-refractivity contribution in [3.05, 3.63) is 60.6 Å². The van der Waals surface area contributed by atoms with E-state index in [0.29, 0.717) is 55.6 Å². The van der Waals surface area contributed by atoms with E-state index in [1.807, 2.05) is 56.3 Å². The number of anilines is 1. The monoisotopic (exact) mass is 394 g/mol. The van der Waals surface area contributed by atoms with Gasteiger partial charge in [0.1, 0.15) is 11.5 Å². The maximum atomic E-state index is 12.4. The zero-order valence-corrected chi connectivity index (χ0v) is 16.8. The fraction of sp³-hybridized carbons (Fsp3) is 0.304. The van der Waals surface area contributed by atoms with Crippen molar-refractivity contribution < 1.29 is 18.7 Å². The van der Waals surface area contributed by atoms with Crippen LogP contribution in [-0.2, 0) is 11.2 Å². The Labute approximate surface area is 170 Å². The first-order chi connectivity index (χ1) is 14.2. The van der Waals surface area contributed by atoms with Crippen molar-refractivity contribution in [2.75, 3.05) is 18.5 Å². The van der Waals surface area contributed by atoms with Gasteiger partial charge in [0.2, 0.25) is 5.91 Å². The van der Waals surface area contributed by atoms with E-state index in [0.717, 1.165) is 11.3 Å². The van der Waals surface area contributed by atoms with E-state index in [-0.39, 0.29) is 5.91 Å². The Bertz CT molecular complexity index is 922. The van der Waals surface area contributed by atoms with Crippen LogP contribution in [0, 0.1) is 0 Å². The highest BCUT2D eigenvalue weighted by atomic mass is 16.5. The van der Waals surface area contributed by atoms with Crippen molar-refractivity contribution in [3.8, 4) is 22.8 Å². The van der Waals surface area contributed by atoms with Crippen LogP contribution in [0.2, 0.25) is 0 Å². The summed E-state index contributed by atoms with van der Waals surface area (Å²) in [6.45, 7) is 4.90. The minimum Gasteiger partial charge on any atom is -0.494 e. The van der Waals surface area contributed by atoms with Gasteiger partial charge in [0.15, 0.2) is 11.7 Å². The number of nitrogens with one attached hydrogen (secondary N) is 1. The zero-order chi connectivity index (χ0) is 20.5. The summed E-state index contributed by atoms with van der Waals surface area (Å²) in [6, 6.07) is 15.2. The largest absolute Gasteiger partial charge is 0.494 e. The predicted octanol–water partition coefficient (Wildman–Crippen LogP) is 5.10. The summed E-state index contributed by atoms with van der Waals surface area (Å²) in [5.74, 6) is 2.60. The molecular weight excluding hydrogens is 368 g/mol. The maximum Gasteiger partial charge on any atom is 0.224 e. The Balaban J connectivity index is 1.54. The first kappa shape index (κ1) is 20.5. The van der Waals surface area contributed by atoms with E-state index < -0.39 is 0 Å². The second kappa shape index (κ2) is 10.3. The van der Waals surface area contributed by atoms with Crippen LogP contribution in [0.5, 0.6) is 11.5 Å². The summed E-state index contributed by atoms with van der Waals surface area (Å²) in [7, 11) is 0. The van der Waals surface area contributed by atoms with Gasteiger partial charge in [0, 0.05) is 24.5 Å². The molecule has 2 aromatic carbocycles. The van der Waals surface area contributed by atoms with Crippen LogP contribution in [0.25, 0.3) is 11.3 Å². The van der Waals surface area contributed by atoms with Crippen molar-refractivity contribution >= 4 is 11.6 Å². The van der Waals surface area contributed by atoms with Crippen LogP contribution in [0.1, 0.15) is 32.6 Å². The quantitative estimate of drug-likeness (QED) is 0.518. The van der Waals surface area contributed by atoms with Gasteiger partial charge >= 0.3 is 0 Å². The number of carbonyl (C=O) groups excluding carboxylic acids is 1. The van der Waals surface area contributed by atoms with Gasteiger partial charge in [-0.3, -0.25) is 4.79 Å². The third-order valence-corrected chi connectivity index (χ3v) is 4.24. The van der Waals surface area contributed by atoms with Gasteiger partial charge in [0.25, 0.3) is 0 Å². The summed E-state index contributed by atoms with van der Waals surface area (Å²) >= 11 is 0. The number of nitrogens with zero attached hydrogens (tertiary/aromatic N) is 1. The number of carbonyl (C=O) groups is 1. The molecule has 0 fully saturated rings. The fourth-order valence-corrected chi connectivity index (χ4v) is 2.92. The number of rotatable bonds is 10. The second-order valence-electron chi connectivity index (χ2n) is 6.41. The molecule has 152 valence electrons. The minimum absolute atomic E-state index is 0.0885. The van der Waals surface area contributed by atoms with E-state index in [1.165, 1.54) is 0 Å². The number of oxazole rings is 1. The Morgan fingerprint density at radius 1 is 1.07 bits per heavy atom. The molecule has 6 nitrogen and oxygen atoms in total. The molecule has 0 atom stereocenters. The van der Waals surface area contributed by atoms with Gasteiger partial charge in [-0.15, -0.1) is 0 Å². The number of aryl methyl sites for hydroxylation is 1. The molecule has 0 radical (unpaired) electrons. The first-order valence-corrected chi connectivity index (χ1v) is 9.89. The molecule has 6 heteroatoms. The lowest BCUT2D eigenvalue weighted by atomic mass is 10.2. The summed E-state index contributed by atoms with van der Waals surface area (Å²) in [5.41, 5.74) is 1.60. The van der Waals surface area contributed by atoms with E-state index in [9.17, 15) is 4.79 Å². The summed E-state index contributed by atoms with van der Waals surface area (Å²) in [5, 5.41) is 2.92. The molecule has 0 saturated heterocycles. The van der Waals surface area contributed by atoms with Crippen LogP contribution in [-0.4, -0.2) is 24.1 Å². The standard InChI is InChI=1S/C23H26N2O4/c1-3-27-18-13-14-20(28-4-2)19(15-18)25-22(26)11-8-12-23-24-16-21(29-23)17-9-6-5-7-10-17/h5-7,9-10,13-16H,3-4,8,11-12H2,1-2H3,(H,25,26). The van der Waals surface area contributed by atoms with E-state index >= 15 is 0 Å². The number of ether oxygens (including phenoxy) is 2. The maximum absolute atomic E-state index is 12.4. The third kappa shape index (κ3) is 5.85. The van der Waals surface area contributed by atoms with Crippen molar-refractivity contribution in [3.63, 3.8) is 0 Å². The number of benzene rings is 2. The fourth-order valence-electron chi connectivity index (χ4n) is 2.92. The van der Waals surface area contributed by atoms with Crippen LogP contribution in [0.4, 0.5) is 5.69 Å². The molecular formula is C23H26N2O4. The molecule has 1 N–H and O–H groups in total. The van der Waals surface area contributed by atoms with Crippen LogP contribution in [0.3, 0.4) is 0 Å². The highest BCUT2D eigenvalue weighted by Gasteiger charge is 2.11. The molecule has 0 aliphatic rings. The van der Waals surface area contributed by atoms with Gasteiger partial charge in [-0.1, -0.05) is 30.3 Å². The van der Waals surface area contributed by atoms with Crippen LogP contribution < -0.4 is 14.8 Å². The third-order valence-electron chi connectivity index (χ3n) is 4.24. The minimum atomic E-state index is -0.0885. The van der Waals surface area contributed by atoms with E-state index in [2.05, 4.69) is 10.3 Å². The second-order valence-corrected chi connectivity index (χ2v) is 6.41. The predicted molar refractivity (Wildman–Crippen MR) is 112 cm³/mol. The van der Waals surface area contributed by atoms with Gasteiger partial charge < -0.3 is 19.2 Å². The molecule has 0 saturated carbocycles. The molecule has 29 heavy (non-hydrogen) atoms. The van der Waals surface area contributed by atoms with E-state index in [4.69, 9.17) is 13.9 Å². The van der Waals surface area contributed by atoms with E-state index in [1.54, 1.807) is 12.3 Å². The zero-order valence-electron chi connectivity index (χ0n) is 16.8. The van der Waals surface area contributed by atoms with Crippen molar-refractivity contribution in [2.45, 2.75) is 33.1 Å². The molecule has 3 aromatic rings. The number of aromatic nitrogens is 1. The van der Waals surface area contributed by atoms with Crippen molar-refractivity contribution in [1.29, 1.82) is 0 Å². The Hall–Kier alpha value is -3.28. The lowest BCUT2D eigenvalue weighted by Crippen LogP contribution is -2.13. The average molecular weight is 394 g/mol. The molecule has 3 rings (SSSR count). The Kier molecular flexibility index (Phi) is 7.28. The molecule has 1 amide bonds. The van der Waals surface area contributed by atoms with Gasteiger partial charge in [0.05, 0.1) is 25.1 Å². The molecule has 0 aliphatic heterocycles. The summed E-state index contributed by atoms with van der Waals surface area (Å²) in [6.07, 6.45) is 3.30. The van der Waals surface area contributed by atoms with Crippen LogP contribution in [0.15, 0.2) is 59.1 Å². The van der Waals surface area contributed by atoms with Gasteiger partial charge in [-0.25, -0.2) is 4.98 Å². The molecule has 0 unspecified atom stereocenters. The smallest absolute Gasteiger partial charge is 0.224 e. The molecule has 1 aromatic heterocycles. The lowest BCUT2D eigenvalue weighted by Gasteiger charge is -2.13. The SMILES string of the molecule is CCOc1ccc(OCC)c(NC(=O)CCCc2ncc(-c3ccccc3)o2)c1. The summed E-state index contributed by atoms with van der Waals surface area (Å²) in [4.78, 5) is 16.7. The topological polar surface area (TPSA) is 73.6 Å². The molecule has 0 spiro atoms. The van der Waals surface area contributed by atoms with Crippen LogP contribution >= 0.6 is 0 Å². The Morgan fingerprint density at radius 2 is 1.86 bits per heavy atom. The van der Waals surface area contributed by atoms with Crippen molar-refractivity contribution in [1.82, 2.24) is 4.98 Å². The van der Waals surface area contributed by atoms with Gasteiger partial charge in [-0.2, -0.15) is 0 Å². The van der Waals surface area contributed by atoms with Crippen molar-refractivity contribution in [2.24, 2.45) is 0 Å². The number of hydrogen-bond acceptors (Lipinski definition) is 5. The number of amides is 1. The average Bonchev–Trinajstić information content (AvgIpc) is 3.20. The highest BCUT2D eigenvalue weighted by molar-refractivity contribution is 5.92. The number of hydrogen-bond donors (Lipinski definition) is 1. The normalized spacial score (nSPS) is 10.6. The summed E-state index contributed by atoms with van der Waals surface area (Å²) < 4.78 is 16.9. The molecule has 1 heterocycles. The first-order valence-electron chi connectivity index (χ1n) is 9.89. The molecule has 0 bridgehead atoms. The Morgan fingerprint density at radius 3 is 2.62 bits per heavy atom. The van der Waals surface area contributed by atoms with Gasteiger partial charge in [-0.05, 0) is 32.4 Å².